The summed E-state index contributed by atoms with van der Waals surface area (Å²) < 4.78 is 101. The zero-order valence-corrected chi connectivity index (χ0v) is 21.4. The van der Waals surface area contributed by atoms with Gasteiger partial charge in [-0.15, -0.1) is 0 Å². The number of nitrogens with zero attached hydrogens (tertiary/aromatic N) is 2. The van der Waals surface area contributed by atoms with Crippen molar-refractivity contribution < 1.29 is 45.0 Å². The van der Waals surface area contributed by atoms with Gasteiger partial charge in [-0.25, -0.2) is 4.39 Å². The molecule has 0 N–H and O–H groups in total. The highest BCUT2D eigenvalue weighted by molar-refractivity contribution is 5.97. The van der Waals surface area contributed by atoms with Crippen molar-refractivity contribution >= 4 is 11.5 Å². The van der Waals surface area contributed by atoms with Crippen LogP contribution in [0, 0.1) is 11.0 Å². The van der Waals surface area contributed by atoms with Crippen LogP contribution in [0.3, 0.4) is 0 Å². The first kappa shape index (κ1) is 28.6. The van der Waals surface area contributed by atoms with Gasteiger partial charge in [-0.2, -0.15) is 31.1 Å². The summed E-state index contributed by atoms with van der Waals surface area (Å²) in [7, 11) is 0. The summed E-state index contributed by atoms with van der Waals surface area (Å²) in [5.74, 6) is -1.49. The van der Waals surface area contributed by atoms with E-state index >= 15 is 0 Å². The number of fused-ring (bicyclic) bond motifs is 1. The van der Waals surface area contributed by atoms with Crippen LogP contribution < -0.4 is 4.73 Å². The highest BCUT2D eigenvalue weighted by Crippen LogP contribution is 2.45. The molecule has 1 saturated heterocycles. The number of ether oxygens (including phenoxy) is 1. The predicted molar refractivity (Wildman–Crippen MR) is 132 cm³/mol. The monoisotopic (exact) mass is 580 g/mol. The molecule has 0 bridgehead atoms. The first-order valence-electron chi connectivity index (χ1n) is 12.6. The molecule has 2 aromatic carbocycles. The van der Waals surface area contributed by atoms with Crippen LogP contribution in [0.5, 0.6) is 0 Å². The molecular formula is C29H23F7N2O3. The third-order valence-corrected chi connectivity index (χ3v) is 7.46. The molecule has 41 heavy (non-hydrogen) atoms. The Bertz CT molecular complexity index is 1450. The van der Waals surface area contributed by atoms with Crippen LogP contribution in [-0.4, -0.2) is 29.5 Å². The Morgan fingerprint density at radius 3 is 2.22 bits per heavy atom. The zero-order valence-electron chi connectivity index (χ0n) is 21.4. The number of hydrogen-bond donors (Lipinski definition) is 0. The number of pyridine rings is 1. The maximum absolute atomic E-state index is 13.8. The molecule has 2 aliphatic rings. The number of benzene rings is 2. The van der Waals surface area contributed by atoms with Gasteiger partial charge in [-0.3, -0.25) is 4.79 Å². The van der Waals surface area contributed by atoms with E-state index in [1.807, 2.05) is 0 Å². The van der Waals surface area contributed by atoms with E-state index in [0.29, 0.717) is 33.6 Å². The minimum absolute atomic E-state index is 0.00109. The van der Waals surface area contributed by atoms with E-state index in [4.69, 9.17) is 4.74 Å². The maximum atomic E-state index is 13.8. The molecule has 4 atom stereocenters. The van der Waals surface area contributed by atoms with Gasteiger partial charge in [0.25, 0.3) is 0 Å². The molecule has 3 heterocycles. The molecule has 1 amide bonds. The Hall–Kier alpha value is -3.93. The van der Waals surface area contributed by atoms with Crippen molar-refractivity contribution in [3.8, 4) is 0 Å². The molecular weight excluding hydrogens is 557 g/mol. The van der Waals surface area contributed by atoms with Gasteiger partial charge in [-0.05, 0) is 66.4 Å². The third-order valence-electron chi connectivity index (χ3n) is 7.46. The second kappa shape index (κ2) is 10.5. The van der Waals surface area contributed by atoms with Crippen molar-refractivity contribution in [2.24, 2.45) is 0 Å². The van der Waals surface area contributed by atoms with Gasteiger partial charge in [0.1, 0.15) is 5.82 Å². The van der Waals surface area contributed by atoms with Crippen LogP contribution in [0.25, 0.3) is 5.57 Å². The van der Waals surface area contributed by atoms with Crippen LogP contribution in [0.15, 0.2) is 73.1 Å². The van der Waals surface area contributed by atoms with Crippen molar-refractivity contribution in [1.82, 2.24) is 4.90 Å². The van der Waals surface area contributed by atoms with Gasteiger partial charge in [0, 0.05) is 36.2 Å². The SMILES string of the molecule is C[C@@H](OC1CN2C(=O)C=C(c3ccc[n+]([O-])c3)CC2[C@@H]1c1ccc(F)cc1)c1cc(C(F)(F)F)cc(C(F)(F)F)c1. The number of halogens is 7. The lowest BCUT2D eigenvalue weighted by molar-refractivity contribution is -0.605. The van der Waals surface area contributed by atoms with Crippen LogP contribution in [0.2, 0.25) is 0 Å². The van der Waals surface area contributed by atoms with Gasteiger partial charge in [0.05, 0.1) is 23.3 Å². The number of carbonyl (C=O) groups excluding carboxylic acids is 1. The fourth-order valence-corrected chi connectivity index (χ4v) is 5.54. The fourth-order valence-electron chi connectivity index (χ4n) is 5.54. The Labute approximate surface area is 230 Å². The molecule has 2 aliphatic heterocycles. The van der Waals surface area contributed by atoms with E-state index in [-0.39, 0.29) is 30.5 Å². The van der Waals surface area contributed by atoms with Crippen LogP contribution in [0.4, 0.5) is 30.7 Å². The number of aromatic nitrogens is 1. The van der Waals surface area contributed by atoms with Crippen molar-refractivity contribution in [3.05, 3.63) is 112 Å². The Balaban J connectivity index is 1.50. The Morgan fingerprint density at radius 2 is 1.63 bits per heavy atom. The second-order valence-corrected chi connectivity index (χ2v) is 10.1. The Kier molecular flexibility index (Phi) is 7.31. The van der Waals surface area contributed by atoms with E-state index in [2.05, 4.69) is 0 Å². The molecule has 0 spiro atoms. The van der Waals surface area contributed by atoms with Crippen LogP contribution in [0.1, 0.15) is 53.2 Å². The largest absolute Gasteiger partial charge is 0.619 e. The fraction of sp³-hybridized carbons (Fsp3) is 0.310. The highest BCUT2D eigenvalue weighted by atomic mass is 19.4. The summed E-state index contributed by atoms with van der Waals surface area (Å²) >= 11 is 0. The van der Waals surface area contributed by atoms with E-state index < -0.39 is 53.5 Å². The zero-order chi connectivity index (χ0) is 29.7. The van der Waals surface area contributed by atoms with E-state index in [1.54, 1.807) is 6.07 Å². The van der Waals surface area contributed by atoms with Crippen molar-refractivity contribution in [2.45, 2.75) is 49.9 Å². The molecule has 1 fully saturated rings. The lowest BCUT2D eigenvalue weighted by atomic mass is 9.84. The second-order valence-electron chi connectivity index (χ2n) is 10.1. The van der Waals surface area contributed by atoms with Crippen molar-refractivity contribution in [1.29, 1.82) is 0 Å². The number of carbonyl (C=O) groups is 1. The summed E-state index contributed by atoms with van der Waals surface area (Å²) in [5.41, 5.74) is -1.57. The average Bonchev–Trinajstić information content (AvgIpc) is 3.26. The number of amides is 1. The minimum Gasteiger partial charge on any atom is -0.619 e. The first-order chi connectivity index (χ1) is 19.2. The summed E-state index contributed by atoms with van der Waals surface area (Å²) in [5, 5.41) is 11.8. The van der Waals surface area contributed by atoms with Gasteiger partial charge < -0.3 is 14.8 Å². The third kappa shape index (κ3) is 5.92. The number of hydrogen-bond acceptors (Lipinski definition) is 3. The topological polar surface area (TPSA) is 56.5 Å². The quantitative estimate of drug-likeness (QED) is 0.199. The molecule has 2 unspecified atom stereocenters. The van der Waals surface area contributed by atoms with Gasteiger partial charge in [-0.1, -0.05) is 12.1 Å². The van der Waals surface area contributed by atoms with Crippen LogP contribution in [-0.2, 0) is 21.9 Å². The maximum Gasteiger partial charge on any atom is 0.416 e. The molecule has 5 nitrogen and oxygen atoms in total. The average molecular weight is 581 g/mol. The molecule has 1 aromatic heterocycles. The van der Waals surface area contributed by atoms with Crippen LogP contribution >= 0.6 is 0 Å². The number of alkyl halides is 6. The van der Waals surface area contributed by atoms with Crippen molar-refractivity contribution in [2.75, 3.05) is 6.54 Å². The lowest BCUT2D eigenvalue weighted by Crippen LogP contribution is -2.39. The molecule has 12 heteroatoms. The van der Waals surface area contributed by atoms with Gasteiger partial charge in [0.2, 0.25) is 5.91 Å². The van der Waals surface area contributed by atoms with Crippen molar-refractivity contribution in [3.63, 3.8) is 0 Å². The summed E-state index contributed by atoms with van der Waals surface area (Å²) in [4.78, 5) is 14.7. The molecule has 3 aromatic rings. The molecule has 0 radical (unpaired) electrons. The van der Waals surface area contributed by atoms with Gasteiger partial charge in [0.15, 0.2) is 12.4 Å². The van der Waals surface area contributed by atoms with E-state index in [0.717, 1.165) is 0 Å². The highest BCUT2D eigenvalue weighted by Gasteiger charge is 2.48. The minimum atomic E-state index is -5.02. The molecule has 216 valence electrons. The van der Waals surface area contributed by atoms with E-state index in [9.17, 15) is 40.7 Å². The smallest absolute Gasteiger partial charge is 0.416 e. The standard InChI is InChI=1S/C29H23F7N2O3/c1-16(19-9-21(28(31,32)33)13-22(10-19)29(34,35)36)41-25-15-38-24(27(25)17-4-6-23(30)7-5-17)11-20(12-26(38)39)18-3-2-8-37(40)14-18/h2-10,12-14,16,24-25,27H,11,15H2,1H3/t16-,24?,25?,27+/m1/s1. The normalized spacial score (nSPS) is 22.0. The predicted octanol–water partition coefficient (Wildman–Crippen LogP) is 6.42. The lowest BCUT2D eigenvalue weighted by Gasteiger charge is -2.32. The molecule has 0 aliphatic carbocycles. The molecule has 0 saturated carbocycles. The van der Waals surface area contributed by atoms with Gasteiger partial charge >= 0.3 is 12.4 Å². The first-order valence-corrected chi connectivity index (χ1v) is 12.6. The molecule has 5 rings (SSSR count). The summed E-state index contributed by atoms with van der Waals surface area (Å²) in [6.45, 7) is 1.35. The van der Waals surface area contributed by atoms with E-state index in [1.165, 1.54) is 60.6 Å². The summed E-state index contributed by atoms with van der Waals surface area (Å²) in [6.07, 6.45) is -7.82. The number of rotatable bonds is 5. The summed E-state index contributed by atoms with van der Waals surface area (Å²) in [6, 6.07) is 9.42. The Morgan fingerprint density at radius 1 is 1.00 bits per heavy atom.